The lowest BCUT2D eigenvalue weighted by atomic mass is 9.96. The highest BCUT2D eigenvalue weighted by atomic mass is 14.9. The molecule has 0 aliphatic rings. The monoisotopic (exact) mass is 291 g/mol. The minimum Gasteiger partial charge on any atom is -0.355 e. The summed E-state index contributed by atoms with van der Waals surface area (Å²) in [6.07, 6.45) is 7.45. The summed E-state index contributed by atoms with van der Waals surface area (Å²) in [7, 11) is 0. The highest BCUT2D eigenvalue weighted by Crippen LogP contribution is 2.32. The Bertz CT molecular complexity index is 693. The van der Waals surface area contributed by atoms with Crippen molar-refractivity contribution >= 4 is 5.69 Å². The molecule has 0 atom stereocenters. The van der Waals surface area contributed by atoms with E-state index in [1.54, 1.807) is 0 Å². The summed E-state index contributed by atoms with van der Waals surface area (Å²) in [5, 5.41) is 3.55. The number of nitrogens with one attached hydrogen (secondary N) is 1. The standard InChI is InChI=1S/C21H25N/c1-5-7-12-18(6-2)22-21-15-9-8-13-20(21)19-14-10-11-16(3)17(19)4/h6-15,22H,5H2,1-4H3/b12-7-,18-6+. The molecule has 1 N–H and O–H groups in total. The minimum absolute atomic E-state index is 1.04. The maximum Gasteiger partial charge on any atom is 0.0463 e. The first-order chi connectivity index (χ1) is 10.7. The highest BCUT2D eigenvalue weighted by Gasteiger charge is 2.08. The molecular formula is C21H25N. The van der Waals surface area contributed by atoms with Gasteiger partial charge in [0.1, 0.15) is 0 Å². The van der Waals surface area contributed by atoms with Crippen LogP contribution in [0.5, 0.6) is 0 Å². The number of para-hydroxylation sites is 1. The smallest absolute Gasteiger partial charge is 0.0463 e. The van der Waals surface area contributed by atoms with Crippen LogP contribution in [-0.2, 0) is 0 Å². The highest BCUT2D eigenvalue weighted by molar-refractivity contribution is 5.81. The van der Waals surface area contributed by atoms with Crippen LogP contribution in [0.4, 0.5) is 5.69 Å². The molecule has 0 aliphatic heterocycles. The van der Waals surface area contributed by atoms with Crippen LogP contribution in [0.1, 0.15) is 31.4 Å². The maximum absolute atomic E-state index is 3.55. The van der Waals surface area contributed by atoms with E-state index in [1.165, 1.54) is 22.3 Å². The van der Waals surface area contributed by atoms with Crippen LogP contribution in [0.2, 0.25) is 0 Å². The van der Waals surface area contributed by atoms with Crippen molar-refractivity contribution in [3.63, 3.8) is 0 Å². The molecule has 22 heavy (non-hydrogen) atoms. The molecule has 1 nitrogen and oxygen atoms in total. The Labute approximate surface area is 134 Å². The number of hydrogen-bond donors (Lipinski definition) is 1. The second-order valence-electron chi connectivity index (χ2n) is 5.47. The zero-order valence-corrected chi connectivity index (χ0v) is 14.0. The molecule has 2 rings (SSSR count). The quantitative estimate of drug-likeness (QED) is 0.642. The van der Waals surface area contributed by atoms with Crippen molar-refractivity contribution in [3.8, 4) is 11.1 Å². The second-order valence-corrected chi connectivity index (χ2v) is 5.47. The van der Waals surface area contributed by atoms with Gasteiger partial charge in [-0.15, -0.1) is 0 Å². The Balaban J connectivity index is 2.43. The SMILES string of the molecule is C/C=C(\C=C/CC)Nc1ccccc1-c1cccc(C)c1C. The van der Waals surface area contributed by atoms with E-state index in [4.69, 9.17) is 0 Å². The maximum atomic E-state index is 3.55. The van der Waals surface area contributed by atoms with Gasteiger partial charge in [0.2, 0.25) is 0 Å². The topological polar surface area (TPSA) is 12.0 Å². The van der Waals surface area contributed by atoms with E-state index in [9.17, 15) is 0 Å². The van der Waals surface area contributed by atoms with Crippen molar-refractivity contribution < 1.29 is 0 Å². The molecule has 0 spiro atoms. The first-order valence-electron chi connectivity index (χ1n) is 7.92. The van der Waals surface area contributed by atoms with Gasteiger partial charge in [-0.2, -0.15) is 0 Å². The van der Waals surface area contributed by atoms with Crippen LogP contribution in [0.25, 0.3) is 11.1 Å². The molecule has 0 amide bonds. The van der Waals surface area contributed by atoms with Crippen molar-refractivity contribution in [3.05, 3.63) is 77.5 Å². The fourth-order valence-corrected chi connectivity index (χ4v) is 2.48. The molecule has 0 aromatic heterocycles. The molecule has 0 saturated carbocycles. The molecule has 0 saturated heterocycles. The Morgan fingerprint density at radius 1 is 1.00 bits per heavy atom. The summed E-state index contributed by atoms with van der Waals surface area (Å²) >= 11 is 0. The normalized spacial score (nSPS) is 11.9. The van der Waals surface area contributed by atoms with E-state index in [-0.39, 0.29) is 0 Å². The van der Waals surface area contributed by atoms with E-state index in [1.807, 2.05) is 0 Å². The first-order valence-corrected chi connectivity index (χ1v) is 7.92. The van der Waals surface area contributed by atoms with Crippen molar-refractivity contribution in [1.82, 2.24) is 0 Å². The summed E-state index contributed by atoms with van der Waals surface area (Å²) in [4.78, 5) is 0. The second kappa shape index (κ2) is 7.65. The molecule has 0 bridgehead atoms. The average Bonchev–Trinajstić information content (AvgIpc) is 2.54. The van der Waals surface area contributed by atoms with Gasteiger partial charge in [0.25, 0.3) is 0 Å². The van der Waals surface area contributed by atoms with E-state index in [0.717, 1.165) is 17.8 Å². The molecule has 2 aromatic rings. The van der Waals surface area contributed by atoms with E-state index < -0.39 is 0 Å². The molecule has 0 aliphatic carbocycles. The number of hydrogen-bond acceptors (Lipinski definition) is 1. The van der Waals surface area contributed by atoms with Gasteiger partial charge in [-0.3, -0.25) is 0 Å². The third kappa shape index (κ3) is 3.67. The van der Waals surface area contributed by atoms with E-state index in [0.29, 0.717) is 0 Å². The van der Waals surface area contributed by atoms with Crippen LogP contribution in [0.15, 0.2) is 66.4 Å². The summed E-state index contributed by atoms with van der Waals surface area (Å²) in [5.74, 6) is 0. The van der Waals surface area contributed by atoms with Crippen molar-refractivity contribution in [2.75, 3.05) is 5.32 Å². The lowest BCUT2D eigenvalue weighted by Crippen LogP contribution is -1.99. The van der Waals surface area contributed by atoms with E-state index >= 15 is 0 Å². The molecule has 0 unspecified atom stereocenters. The third-order valence-electron chi connectivity index (χ3n) is 3.94. The molecule has 0 heterocycles. The van der Waals surface area contributed by atoms with Crippen LogP contribution in [0.3, 0.4) is 0 Å². The van der Waals surface area contributed by atoms with Gasteiger partial charge >= 0.3 is 0 Å². The number of anilines is 1. The summed E-state index contributed by atoms with van der Waals surface area (Å²) < 4.78 is 0. The predicted octanol–water partition coefficient (Wildman–Crippen LogP) is 6.25. The van der Waals surface area contributed by atoms with Gasteiger partial charge in [0.05, 0.1) is 0 Å². The van der Waals surface area contributed by atoms with Crippen LogP contribution in [0, 0.1) is 13.8 Å². The molecule has 1 heteroatoms. The molecule has 0 radical (unpaired) electrons. The lowest BCUT2D eigenvalue weighted by molar-refractivity contribution is 1.22. The number of rotatable bonds is 5. The van der Waals surface area contributed by atoms with Gasteiger partial charge < -0.3 is 5.32 Å². The van der Waals surface area contributed by atoms with Crippen molar-refractivity contribution in [1.29, 1.82) is 0 Å². The fraction of sp³-hybridized carbons (Fsp3) is 0.238. The minimum atomic E-state index is 1.04. The van der Waals surface area contributed by atoms with Crippen LogP contribution < -0.4 is 5.32 Å². The Hall–Kier alpha value is -2.28. The predicted molar refractivity (Wildman–Crippen MR) is 98.2 cm³/mol. The van der Waals surface area contributed by atoms with Gasteiger partial charge in [0.15, 0.2) is 0 Å². The van der Waals surface area contributed by atoms with E-state index in [2.05, 4.69) is 93.7 Å². The summed E-state index contributed by atoms with van der Waals surface area (Å²) in [6, 6.07) is 15.0. The Morgan fingerprint density at radius 3 is 2.45 bits per heavy atom. The van der Waals surface area contributed by atoms with Crippen LogP contribution in [-0.4, -0.2) is 0 Å². The largest absolute Gasteiger partial charge is 0.355 e. The van der Waals surface area contributed by atoms with Gasteiger partial charge in [-0.05, 0) is 56.0 Å². The molecule has 2 aromatic carbocycles. The molecule has 0 fully saturated rings. The fourth-order valence-electron chi connectivity index (χ4n) is 2.48. The van der Waals surface area contributed by atoms with Gasteiger partial charge in [0, 0.05) is 16.9 Å². The van der Waals surface area contributed by atoms with Gasteiger partial charge in [-0.1, -0.05) is 55.5 Å². The average molecular weight is 291 g/mol. The van der Waals surface area contributed by atoms with Crippen molar-refractivity contribution in [2.24, 2.45) is 0 Å². The zero-order valence-electron chi connectivity index (χ0n) is 14.0. The number of aryl methyl sites for hydroxylation is 1. The van der Waals surface area contributed by atoms with Crippen LogP contribution >= 0.6 is 0 Å². The first kappa shape index (κ1) is 16.1. The Kier molecular flexibility index (Phi) is 5.60. The number of allylic oxidation sites excluding steroid dienone is 3. The lowest BCUT2D eigenvalue weighted by Gasteiger charge is -2.15. The third-order valence-corrected chi connectivity index (χ3v) is 3.94. The molecule has 114 valence electrons. The zero-order chi connectivity index (χ0) is 15.9. The summed E-state index contributed by atoms with van der Waals surface area (Å²) in [5.41, 5.74) is 7.46. The Morgan fingerprint density at radius 2 is 1.73 bits per heavy atom. The summed E-state index contributed by atoms with van der Waals surface area (Å²) in [6.45, 7) is 8.56. The molecular weight excluding hydrogens is 266 g/mol. The van der Waals surface area contributed by atoms with Crippen molar-refractivity contribution in [2.45, 2.75) is 34.1 Å². The number of benzene rings is 2. The van der Waals surface area contributed by atoms with Gasteiger partial charge in [-0.25, -0.2) is 0 Å².